The van der Waals surface area contributed by atoms with Crippen molar-refractivity contribution in [3.8, 4) is 11.4 Å². The molecule has 0 spiro atoms. The monoisotopic (exact) mass is 531 g/mol. The van der Waals surface area contributed by atoms with Crippen LogP contribution in [0.5, 0.6) is 5.75 Å². The molecule has 0 unspecified atom stereocenters. The number of benzene rings is 2. The molecule has 1 saturated heterocycles. The molecule has 0 saturated carbocycles. The second kappa shape index (κ2) is 9.86. The summed E-state index contributed by atoms with van der Waals surface area (Å²) >= 11 is 5.81. The summed E-state index contributed by atoms with van der Waals surface area (Å²) in [5, 5.41) is 15.3. The van der Waals surface area contributed by atoms with E-state index >= 15 is 0 Å². The molecule has 1 aliphatic heterocycles. The molecule has 1 N–H and O–H groups in total. The molecule has 2 aromatic carbocycles. The number of hydrogen-bond acceptors (Lipinski definition) is 5. The lowest BCUT2D eigenvalue weighted by Gasteiger charge is -2.28. The van der Waals surface area contributed by atoms with Crippen molar-refractivity contribution in [3.63, 3.8) is 0 Å². The van der Waals surface area contributed by atoms with Gasteiger partial charge >= 0.3 is 0 Å². The Morgan fingerprint density at radius 2 is 1.89 bits per heavy atom. The van der Waals surface area contributed by atoms with Gasteiger partial charge in [0.25, 0.3) is 5.69 Å². The fourth-order valence-electron chi connectivity index (χ4n) is 5.15. The van der Waals surface area contributed by atoms with Gasteiger partial charge in [-0.25, -0.2) is 4.39 Å². The molecule has 1 aliphatic rings. The molecule has 10 heteroatoms. The van der Waals surface area contributed by atoms with Crippen molar-refractivity contribution in [2.75, 3.05) is 12.0 Å². The second-order valence-corrected chi connectivity index (χ2v) is 9.59. The molecular weight excluding hydrogens is 505 g/mol. The van der Waals surface area contributed by atoms with E-state index < -0.39 is 4.92 Å². The number of aromatic nitrogens is 2. The Labute approximate surface area is 224 Å². The molecule has 2 aromatic heterocycles. The third-order valence-electron chi connectivity index (χ3n) is 6.92. The van der Waals surface area contributed by atoms with Gasteiger partial charge in [-0.3, -0.25) is 15.1 Å². The van der Waals surface area contributed by atoms with Gasteiger partial charge in [-0.15, -0.1) is 0 Å². The Balaban J connectivity index is 1.69. The van der Waals surface area contributed by atoms with Gasteiger partial charge in [-0.1, -0.05) is 6.07 Å². The van der Waals surface area contributed by atoms with Crippen LogP contribution in [0.4, 0.5) is 15.8 Å². The first-order valence-electron chi connectivity index (χ1n) is 12.0. The number of nitro benzene ring substituents is 1. The highest BCUT2D eigenvalue weighted by atomic mass is 32.1. The van der Waals surface area contributed by atoms with Gasteiger partial charge in [0.15, 0.2) is 5.11 Å². The molecule has 8 nitrogen and oxygen atoms in total. The molecule has 0 bridgehead atoms. The molecule has 5 rings (SSSR count). The molecule has 3 heterocycles. The summed E-state index contributed by atoms with van der Waals surface area (Å²) < 4.78 is 21.7. The number of non-ortho nitro benzene ring substituents is 1. The second-order valence-electron chi connectivity index (χ2n) is 9.21. The Hall–Kier alpha value is -4.31. The highest BCUT2D eigenvalue weighted by molar-refractivity contribution is 7.80. The number of nitrogens with one attached hydrogen (secondary N) is 1. The maximum absolute atomic E-state index is 14.2. The number of nitro groups is 1. The van der Waals surface area contributed by atoms with Crippen LogP contribution in [0.1, 0.15) is 40.3 Å². The number of rotatable bonds is 6. The van der Waals surface area contributed by atoms with E-state index in [1.165, 1.54) is 25.3 Å². The highest BCUT2D eigenvalue weighted by Crippen LogP contribution is 2.44. The Kier molecular flexibility index (Phi) is 6.58. The van der Waals surface area contributed by atoms with Crippen molar-refractivity contribution in [2.24, 2.45) is 0 Å². The molecule has 2 atom stereocenters. The van der Waals surface area contributed by atoms with E-state index in [-0.39, 0.29) is 23.6 Å². The van der Waals surface area contributed by atoms with Crippen molar-refractivity contribution >= 4 is 28.7 Å². The minimum atomic E-state index is -0.446. The van der Waals surface area contributed by atoms with Crippen LogP contribution in [0.2, 0.25) is 0 Å². The number of hydrogen-bond donors (Lipinski definition) is 1. The zero-order valence-corrected chi connectivity index (χ0v) is 22.1. The van der Waals surface area contributed by atoms with Crippen molar-refractivity contribution in [1.82, 2.24) is 14.9 Å². The summed E-state index contributed by atoms with van der Waals surface area (Å²) in [4.78, 5) is 17.5. The quantitative estimate of drug-likeness (QED) is 0.185. The topological polar surface area (TPSA) is 85.5 Å². The molecule has 0 amide bonds. The van der Waals surface area contributed by atoms with Crippen molar-refractivity contribution in [1.29, 1.82) is 0 Å². The average Bonchev–Trinajstić information content (AvgIpc) is 3.40. The van der Waals surface area contributed by atoms with Crippen LogP contribution in [0, 0.1) is 36.7 Å². The lowest BCUT2D eigenvalue weighted by atomic mass is 9.96. The van der Waals surface area contributed by atoms with Gasteiger partial charge < -0.3 is 19.5 Å². The first kappa shape index (κ1) is 25.3. The van der Waals surface area contributed by atoms with Gasteiger partial charge in [0.1, 0.15) is 11.6 Å². The van der Waals surface area contributed by atoms with Gasteiger partial charge in [-0.2, -0.15) is 0 Å². The highest BCUT2D eigenvalue weighted by Gasteiger charge is 2.42. The molecule has 1 fully saturated rings. The number of aryl methyl sites for hydroxylation is 2. The van der Waals surface area contributed by atoms with Crippen molar-refractivity contribution in [2.45, 2.75) is 32.9 Å². The number of anilines is 1. The SMILES string of the molecule is COc1cc([N+](=O)[O-])ccc1-n1c(C)cc([C@H]2[C@H](c3ccccn3)NC(=S)N2c2ccc(F)c(C)c2)c1C. The van der Waals surface area contributed by atoms with E-state index in [1.54, 1.807) is 31.3 Å². The van der Waals surface area contributed by atoms with Gasteiger partial charge in [-0.05, 0) is 86.6 Å². The fraction of sp³-hybridized carbons (Fsp3) is 0.214. The summed E-state index contributed by atoms with van der Waals surface area (Å²) in [5.41, 5.74) is 5.55. The van der Waals surface area contributed by atoms with E-state index in [0.717, 1.165) is 28.3 Å². The van der Waals surface area contributed by atoms with Crippen molar-refractivity contribution < 1.29 is 14.1 Å². The average molecular weight is 532 g/mol. The summed E-state index contributed by atoms with van der Waals surface area (Å²) in [7, 11) is 1.49. The number of pyridine rings is 1. The molecule has 194 valence electrons. The summed E-state index contributed by atoms with van der Waals surface area (Å²) in [5.74, 6) is 0.105. The first-order valence-corrected chi connectivity index (χ1v) is 12.4. The van der Waals surface area contributed by atoms with Gasteiger partial charge in [0.2, 0.25) is 0 Å². The van der Waals surface area contributed by atoms with E-state index in [4.69, 9.17) is 17.0 Å². The largest absolute Gasteiger partial charge is 0.494 e. The lowest BCUT2D eigenvalue weighted by molar-refractivity contribution is -0.384. The Bertz CT molecular complexity index is 1560. The van der Waals surface area contributed by atoms with Crippen LogP contribution in [-0.2, 0) is 0 Å². The minimum absolute atomic E-state index is 0.0494. The number of thiocarbonyl (C=S) groups is 1. The summed E-state index contributed by atoms with van der Waals surface area (Å²) in [6, 6.07) is 16.8. The number of nitrogens with zero attached hydrogens (tertiary/aromatic N) is 4. The minimum Gasteiger partial charge on any atom is -0.494 e. The molecule has 0 aliphatic carbocycles. The first-order chi connectivity index (χ1) is 18.2. The lowest BCUT2D eigenvalue weighted by Crippen LogP contribution is -2.29. The van der Waals surface area contributed by atoms with Gasteiger partial charge in [0, 0.05) is 29.3 Å². The normalized spacial score (nSPS) is 17.0. The van der Waals surface area contributed by atoms with E-state index in [2.05, 4.69) is 16.4 Å². The fourth-order valence-corrected chi connectivity index (χ4v) is 5.50. The molecule has 4 aromatic rings. The molecular formula is C28H26FN5O3S. The maximum atomic E-state index is 14.2. The standard InChI is InChI=1S/C28H26FN5O3S/c1-16-13-19(8-10-22(16)29)33-27(26(31-28(33)38)23-7-5-6-12-30-23)21-14-17(2)32(18(21)3)24-11-9-20(34(35)36)15-25(24)37-4/h5-15,26-27H,1-4H3,(H,31,38)/t26-,27-/m0/s1. The van der Waals surface area contributed by atoms with Crippen molar-refractivity contribution in [3.05, 3.63) is 111 Å². The van der Waals surface area contributed by atoms with Gasteiger partial charge in [0.05, 0.1) is 41.6 Å². The summed E-state index contributed by atoms with van der Waals surface area (Å²) in [6.45, 7) is 5.69. The number of ether oxygens (including phenoxy) is 1. The Morgan fingerprint density at radius 3 is 2.55 bits per heavy atom. The Morgan fingerprint density at radius 1 is 1.11 bits per heavy atom. The van der Waals surface area contributed by atoms with Crippen LogP contribution < -0.4 is 15.0 Å². The van der Waals surface area contributed by atoms with Crippen LogP contribution in [0.15, 0.2) is 66.9 Å². The molecule has 0 radical (unpaired) electrons. The number of halogens is 1. The van der Waals surface area contributed by atoms with E-state index in [9.17, 15) is 14.5 Å². The van der Waals surface area contributed by atoms with E-state index in [1.807, 2.05) is 41.5 Å². The number of methoxy groups -OCH3 is 1. The smallest absolute Gasteiger partial charge is 0.273 e. The molecule has 38 heavy (non-hydrogen) atoms. The van der Waals surface area contributed by atoms with E-state index in [0.29, 0.717) is 22.1 Å². The van der Waals surface area contributed by atoms with Crippen LogP contribution in [0.3, 0.4) is 0 Å². The van der Waals surface area contributed by atoms with Crippen LogP contribution in [0.25, 0.3) is 5.69 Å². The maximum Gasteiger partial charge on any atom is 0.273 e. The van der Waals surface area contributed by atoms with Crippen LogP contribution in [-0.4, -0.2) is 26.7 Å². The third-order valence-corrected chi connectivity index (χ3v) is 7.24. The summed E-state index contributed by atoms with van der Waals surface area (Å²) in [6.07, 6.45) is 1.74. The third kappa shape index (κ3) is 4.26. The predicted molar refractivity (Wildman–Crippen MR) is 148 cm³/mol. The predicted octanol–water partition coefficient (Wildman–Crippen LogP) is 6.03. The zero-order valence-electron chi connectivity index (χ0n) is 21.3. The van der Waals surface area contributed by atoms with Crippen LogP contribution >= 0.6 is 12.2 Å². The zero-order chi connectivity index (χ0) is 27.1.